The molecular formula is C19H24N2O2. The predicted octanol–water partition coefficient (Wildman–Crippen LogP) is 2.83. The van der Waals surface area contributed by atoms with E-state index in [1.165, 1.54) is 5.56 Å². The van der Waals surface area contributed by atoms with Crippen LogP contribution in [0, 0.1) is 5.92 Å². The van der Waals surface area contributed by atoms with E-state index < -0.39 is 0 Å². The summed E-state index contributed by atoms with van der Waals surface area (Å²) in [5.74, 6) is 0.257. The first-order valence-electron chi connectivity index (χ1n) is 8.56. The van der Waals surface area contributed by atoms with Crippen LogP contribution in [0.1, 0.15) is 37.7 Å². The first-order chi connectivity index (χ1) is 11.3. The maximum Gasteiger partial charge on any atom is 0.228 e. The molecule has 23 heavy (non-hydrogen) atoms. The molecule has 2 amide bonds. The number of nitrogens with one attached hydrogen (secondary N) is 1. The standard InChI is InChI=1S/C19H24N2O2/c22-18(12-13-20-19(23)16-8-2-1-3-9-16)21-14-6-10-15-7-4-5-11-17(15)21/h1-2,4-5,7,11,16H,3,6,8-10,12-14H2,(H,20,23)/t16-/m1/s1. The Morgan fingerprint density at radius 2 is 2.09 bits per heavy atom. The number of para-hydroxylation sites is 1. The topological polar surface area (TPSA) is 49.4 Å². The summed E-state index contributed by atoms with van der Waals surface area (Å²) >= 11 is 0. The molecule has 0 fully saturated rings. The van der Waals surface area contributed by atoms with Crippen LogP contribution >= 0.6 is 0 Å². The molecule has 1 N–H and O–H groups in total. The SMILES string of the molecule is O=C(NCCC(=O)N1CCCc2ccccc21)[C@@H]1CC=CCC1. The minimum absolute atomic E-state index is 0.0748. The van der Waals surface area contributed by atoms with Crippen molar-refractivity contribution in [1.29, 1.82) is 0 Å². The third-order valence-electron chi connectivity index (χ3n) is 4.69. The van der Waals surface area contributed by atoms with E-state index >= 15 is 0 Å². The third kappa shape index (κ3) is 3.81. The normalized spacial score (nSPS) is 20.0. The van der Waals surface area contributed by atoms with Crippen LogP contribution in [0.4, 0.5) is 5.69 Å². The van der Waals surface area contributed by atoms with E-state index in [9.17, 15) is 9.59 Å². The lowest BCUT2D eigenvalue weighted by molar-refractivity contribution is -0.125. The number of nitrogens with zero attached hydrogens (tertiary/aromatic N) is 1. The number of carbonyl (C=O) groups excluding carboxylic acids is 2. The number of allylic oxidation sites excluding steroid dienone is 2. The highest BCUT2D eigenvalue weighted by atomic mass is 16.2. The average Bonchev–Trinajstić information content (AvgIpc) is 2.61. The number of amides is 2. The molecule has 1 aromatic rings. The van der Waals surface area contributed by atoms with Crippen molar-refractivity contribution < 1.29 is 9.59 Å². The first-order valence-corrected chi connectivity index (χ1v) is 8.56. The van der Waals surface area contributed by atoms with E-state index in [1.54, 1.807) is 0 Å². The largest absolute Gasteiger partial charge is 0.355 e. The number of rotatable bonds is 4. The highest BCUT2D eigenvalue weighted by Crippen LogP contribution is 2.27. The van der Waals surface area contributed by atoms with E-state index in [2.05, 4.69) is 23.5 Å². The third-order valence-corrected chi connectivity index (χ3v) is 4.69. The monoisotopic (exact) mass is 312 g/mol. The molecule has 0 saturated carbocycles. The van der Waals surface area contributed by atoms with Gasteiger partial charge in [-0.15, -0.1) is 0 Å². The Kier molecular flexibility index (Phi) is 5.11. The average molecular weight is 312 g/mol. The van der Waals surface area contributed by atoms with E-state index in [-0.39, 0.29) is 17.7 Å². The van der Waals surface area contributed by atoms with Crippen molar-refractivity contribution in [3.8, 4) is 0 Å². The Labute approximate surface area is 137 Å². The second-order valence-corrected chi connectivity index (χ2v) is 6.30. The molecule has 1 aromatic carbocycles. The molecule has 0 unspecified atom stereocenters. The molecule has 0 aromatic heterocycles. The van der Waals surface area contributed by atoms with Crippen molar-refractivity contribution in [2.45, 2.75) is 38.5 Å². The Bertz CT molecular complexity index is 609. The van der Waals surface area contributed by atoms with Crippen LogP contribution in [0.2, 0.25) is 0 Å². The van der Waals surface area contributed by atoms with E-state index in [0.29, 0.717) is 13.0 Å². The van der Waals surface area contributed by atoms with E-state index in [4.69, 9.17) is 0 Å². The Hall–Kier alpha value is -2.10. The van der Waals surface area contributed by atoms with Gasteiger partial charge in [-0.25, -0.2) is 0 Å². The molecule has 0 spiro atoms. The zero-order valence-corrected chi connectivity index (χ0v) is 13.5. The zero-order chi connectivity index (χ0) is 16.1. The maximum absolute atomic E-state index is 12.5. The predicted molar refractivity (Wildman–Crippen MR) is 91.2 cm³/mol. The summed E-state index contributed by atoms with van der Waals surface area (Å²) < 4.78 is 0. The summed E-state index contributed by atoms with van der Waals surface area (Å²) in [6.07, 6.45) is 9.30. The van der Waals surface area contributed by atoms with Gasteiger partial charge >= 0.3 is 0 Å². The van der Waals surface area contributed by atoms with Crippen molar-refractivity contribution in [3.05, 3.63) is 42.0 Å². The van der Waals surface area contributed by atoms with Crippen LogP contribution in [0.25, 0.3) is 0 Å². The van der Waals surface area contributed by atoms with Gasteiger partial charge in [0.15, 0.2) is 0 Å². The second kappa shape index (κ2) is 7.44. The summed E-state index contributed by atoms with van der Waals surface area (Å²) in [7, 11) is 0. The number of anilines is 1. The molecule has 0 saturated heterocycles. The van der Waals surface area contributed by atoms with Gasteiger partial charge in [0.2, 0.25) is 11.8 Å². The number of fused-ring (bicyclic) bond motifs is 1. The molecule has 4 heteroatoms. The van der Waals surface area contributed by atoms with Crippen LogP contribution in [0.15, 0.2) is 36.4 Å². The van der Waals surface area contributed by atoms with Crippen molar-refractivity contribution >= 4 is 17.5 Å². The van der Waals surface area contributed by atoms with Gasteiger partial charge in [-0.3, -0.25) is 9.59 Å². The van der Waals surface area contributed by atoms with Crippen LogP contribution < -0.4 is 10.2 Å². The van der Waals surface area contributed by atoms with Gasteiger partial charge in [0, 0.05) is 31.1 Å². The van der Waals surface area contributed by atoms with Gasteiger partial charge < -0.3 is 10.2 Å². The fourth-order valence-corrected chi connectivity index (χ4v) is 3.40. The number of carbonyl (C=O) groups is 2. The molecule has 4 nitrogen and oxygen atoms in total. The molecule has 3 rings (SSSR count). The lowest BCUT2D eigenvalue weighted by Crippen LogP contribution is -2.39. The number of hydrogen-bond acceptors (Lipinski definition) is 2. The minimum atomic E-state index is 0.0748. The summed E-state index contributed by atoms with van der Waals surface area (Å²) in [5, 5.41) is 2.93. The van der Waals surface area contributed by atoms with Gasteiger partial charge in [0.05, 0.1) is 0 Å². The molecule has 1 aliphatic heterocycles. The lowest BCUT2D eigenvalue weighted by Gasteiger charge is -2.29. The summed E-state index contributed by atoms with van der Waals surface area (Å²) in [6, 6.07) is 8.10. The van der Waals surface area contributed by atoms with Crippen LogP contribution in [0.5, 0.6) is 0 Å². The fraction of sp³-hybridized carbons (Fsp3) is 0.474. The first kappa shape index (κ1) is 15.8. The Morgan fingerprint density at radius 1 is 1.22 bits per heavy atom. The molecule has 0 radical (unpaired) electrons. The van der Waals surface area contributed by atoms with Gasteiger partial charge in [-0.2, -0.15) is 0 Å². The van der Waals surface area contributed by atoms with Crippen LogP contribution in [-0.2, 0) is 16.0 Å². The smallest absolute Gasteiger partial charge is 0.228 e. The van der Waals surface area contributed by atoms with Gasteiger partial charge in [-0.1, -0.05) is 30.4 Å². The summed E-state index contributed by atoms with van der Waals surface area (Å²) in [4.78, 5) is 26.4. The Balaban J connectivity index is 1.50. The second-order valence-electron chi connectivity index (χ2n) is 6.30. The van der Waals surface area contributed by atoms with Crippen molar-refractivity contribution in [2.24, 2.45) is 5.92 Å². The molecule has 1 atom stereocenters. The molecule has 1 aliphatic carbocycles. The number of hydrogen-bond donors (Lipinski definition) is 1. The van der Waals surface area contributed by atoms with Gasteiger partial charge in [0.1, 0.15) is 0 Å². The number of benzene rings is 1. The van der Waals surface area contributed by atoms with E-state index in [0.717, 1.165) is 44.3 Å². The lowest BCUT2D eigenvalue weighted by atomic mass is 9.94. The minimum Gasteiger partial charge on any atom is -0.355 e. The molecule has 2 aliphatic rings. The quantitative estimate of drug-likeness (QED) is 0.869. The van der Waals surface area contributed by atoms with Crippen LogP contribution in [-0.4, -0.2) is 24.9 Å². The molecular weight excluding hydrogens is 288 g/mol. The fourth-order valence-electron chi connectivity index (χ4n) is 3.40. The van der Waals surface area contributed by atoms with Gasteiger partial charge in [0.25, 0.3) is 0 Å². The van der Waals surface area contributed by atoms with Gasteiger partial charge in [-0.05, 0) is 43.7 Å². The summed E-state index contributed by atoms with van der Waals surface area (Å²) in [5.41, 5.74) is 2.28. The molecule has 1 heterocycles. The van der Waals surface area contributed by atoms with Crippen molar-refractivity contribution in [1.82, 2.24) is 5.32 Å². The van der Waals surface area contributed by atoms with E-state index in [1.807, 2.05) is 23.1 Å². The highest BCUT2D eigenvalue weighted by molar-refractivity contribution is 5.95. The highest BCUT2D eigenvalue weighted by Gasteiger charge is 2.22. The maximum atomic E-state index is 12.5. The van der Waals surface area contributed by atoms with Crippen molar-refractivity contribution in [2.75, 3.05) is 18.0 Å². The molecule has 122 valence electrons. The Morgan fingerprint density at radius 3 is 2.91 bits per heavy atom. The summed E-state index contributed by atoms with van der Waals surface area (Å²) in [6.45, 7) is 1.20. The van der Waals surface area contributed by atoms with Crippen LogP contribution in [0.3, 0.4) is 0 Å². The van der Waals surface area contributed by atoms with Crippen molar-refractivity contribution in [3.63, 3.8) is 0 Å². The number of aryl methyl sites for hydroxylation is 1. The zero-order valence-electron chi connectivity index (χ0n) is 13.5. The molecule has 0 bridgehead atoms.